The summed E-state index contributed by atoms with van der Waals surface area (Å²) >= 11 is 0. The van der Waals surface area contributed by atoms with Crippen LogP contribution in [0.1, 0.15) is 5.56 Å². The van der Waals surface area contributed by atoms with Crippen molar-refractivity contribution in [3.05, 3.63) is 52.4 Å². The zero-order chi connectivity index (χ0) is 14.5. The quantitative estimate of drug-likeness (QED) is 0.505. The Balaban J connectivity index is 2.46. The summed E-state index contributed by atoms with van der Waals surface area (Å²) in [4.78, 5) is 11.8. The Bertz CT molecular complexity index is 878. The second-order valence-electron chi connectivity index (χ2n) is 4.33. The second kappa shape index (κ2) is 4.00. The first-order chi connectivity index (χ1) is 9.36. The minimum Gasteiger partial charge on any atom is -0.508 e. The molecule has 0 aliphatic rings. The van der Waals surface area contributed by atoms with E-state index < -0.39 is 17.4 Å². The van der Waals surface area contributed by atoms with Gasteiger partial charge in [0.25, 0.3) is 0 Å². The molecule has 1 N–H and O–H groups in total. The van der Waals surface area contributed by atoms with Crippen LogP contribution in [0.5, 0.6) is 5.75 Å². The molecule has 0 atom stereocenters. The third kappa shape index (κ3) is 1.89. The van der Waals surface area contributed by atoms with E-state index in [0.29, 0.717) is 10.8 Å². The number of hydrogen-bond donors (Lipinski definition) is 1. The van der Waals surface area contributed by atoms with Crippen LogP contribution in [0.3, 0.4) is 0 Å². The predicted octanol–water partition coefficient (Wildman–Crippen LogP) is 3.67. The van der Waals surface area contributed by atoms with Crippen LogP contribution >= 0.6 is 0 Å². The van der Waals surface area contributed by atoms with Crippen molar-refractivity contribution in [2.24, 2.45) is 0 Å². The smallest absolute Gasteiger partial charge is 0.416 e. The van der Waals surface area contributed by atoms with Gasteiger partial charge in [-0.15, -0.1) is 0 Å². The molecule has 2 aromatic carbocycles. The molecule has 3 aromatic rings. The molecule has 3 rings (SSSR count). The van der Waals surface area contributed by atoms with Crippen LogP contribution < -0.4 is 5.63 Å². The number of phenolic OH excluding ortho intramolecular Hbond substituents is 1. The highest BCUT2D eigenvalue weighted by Gasteiger charge is 2.30. The number of fused-ring (bicyclic) bond motifs is 3. The maximum atomic E-state index is 12.7. The normalized spacial score (nSPS) is 12.2. The van der Waals surface area contributed by atoms with Gasteiger partial charge < -0.3 is 9.52 Å². The summed E-state index contributed by atoms with van der Waals surface area (Å²) in [6, 6.07) is 6.92. The molecule has 0 fully saturated rings. The van der Waals surface area contributed by atoms with Gasteiger partial charge in [0, 0.05) is 10.8 Å². The third-order valence-corrected chi connectivity index (χ3v) is 3.02. The molecule has 0 aliphatic carbocycles. The van der Waals surface area contributed by atoms with E-state index in [1.165, 1.54) is 24.3 Å². The number of alkyl halides is 3. The molecule has 0 bridgehead atoms. The van der Waals surface area contributed by atoms with Crippen molar-refractivity contribution in [2.45, 2.75) is 6.18 Å². The molecular weight excluding hydrogens is 273 g/mol. The molecule has 0 unspecified atom stereocenters. The molecule has 1 heterocycles. The predicted molar refractivity (Wildman–Crippen MR) is 66.7 cm³/mol. The number of benzene rings is 2. The van der Waals surface area contributed by atoms with E-state index in [4.69, 9.17) is 4.42 Å². The molecule has 3 nitrogen and oxygen atoms in total. The molecule has 6 heteroatoms. The first kappa shape index (κ1) is 12.5. The van der Waals surface area contributed by atoms with Gasteiger partial charge in [-0.2, -0.15) is 13.2 Å². The van der Waals surface area contributed by atoms with E-state index in [2.05, 4.69) is 0 Å². The van der Waals surface area contributed by atoms with Gasteiger partial charge in [-0.1, -0.05) is 6.07 Å². The maximum absolute atomic E-state index is 12.7. The lowest BCUT2D eigenvalue weighted by molar-refractivity contribution is -0.137. The molecule has 1 aromatic heterocycles. The first-order valence-electron chi connectivity index (χ1n) is 5.63. The summed E-state index contributed by atoms with van der Waals surface area (Å²) in [5.41, 5.74) is -1.55. The van der Waals surface area contributed by atoms with Crippen LogP contribution in [-0.4, -0.2) is 5.11 Å². The van der Waals surface area contributed by atoms with Crippen molar-refractivity contribution < 1.29 is 22.7 Å². The summed E-state index contributed by atoms with van der Waals surface area (Å²) in [7, 11) is 0. The van der Waals surface area contributed by atoms with Gasteiger partial charge >= 0.3 is 11.8 Å². The summed E-state index contributed by atoms with van der Waals surface area (Å²) in [5, 5.41) is 9.96. The highest BCUT2D eigenvalue weighted by Crippen LogP contribution is 2.33. The summed E-state index contributed by atoms with van der Waals surface area (Å²) in [6.45, 7) is 0. The molecular formula is C14H7F3O3. The monoisotopic (exact) mass is 280 g/mol. The van der Waals surface area contributed by atoms with Crippen molar-refractivity contribution in [1.29, 1.82) is 0 Å². The van der Waals surface area contributed by atoms with E-state index in [0.717, 1.165) is 12.1 Å². The van der Waals surface area contributed by atoms with Crippen LogP contribution in [0.25, 0.3) is 21.7 Å². The van der Waals surface area contributed by atoms with Gasteiger partial charge in [-0.25, -0.2) is 4.79 Å². The second-order valence-corrected chi connectivity index (χ2v) is 4.33. The highest BCUT2D eigenvalue weighted by molar-refractivity contribution is 6.04. The van der Waals surface area contributed by atoms with Crippen LogP contribution in [0.4, 0.5) is 13.2 Å². The SMILES string of the molecule is O=c1oc2ccc(O)cc2c2ccc(C(F)(F)F)cc12. The summed E-state index contributed by atoms with van der Waals surface area (Å²) in [5.74, 6) is -0.0625. The van der Waals surface area contributed by atoms with Crippen LogP contribution in [0.2, 0.25) is 0 Å². The van der Waals surface area contributed by atoms with Gasteiger partial charge in [-0.3, -0.25) is 0 Å². The molecule has 0 radical (unpaired) electrons. The molecule has 0 saturated carbocycles. The van der Waals surface area contributed by atoms with Crippen LogP contribution in [-0.2, 0) is 6.18 Å². The first-order valence-corrected chi connectivity index (χ1v) is 5.63. The van der Waals surface area contributed by atoms with E-state index in [-0.39, 0.29) is 16.7 Å². The van der Waals surface area contributed by atoms with E-state index in [1.54, 1.807) is 0 Å². The lowest BCUT2D eigenvalue weighted by atomic mass is 10.0. The molecule has 0 aliphatic heterocycles. The van der Waals surface area contributed by atoms with Crippen molar-refractivity contribution >= 4 is 21.7 Å². The van der Waals surface area contributed by atoms with Crippen LogP contribution in [0.15, 0.2) is 45.6 Å². The topological polar surface area (TPSA) is 50.4 Å². The fraction of sp³-hybridized carbons (Fsp3) is 0.0714. The zero-order valence-corrected chi connectivity index (χ0v) is 9.86. The van der Waals surface area contributed by atoms with Crippen LogP contribution in [0, 0.1) is 0 Å². The summed E-state index contributed by atoms with van der Waals surface area (Å²) in [6.07, 6.45) is -4.53. The number of rotatable bonds is 0. The minimum atomic E-state index is -4.53. The Hall–Kier alpha value is -2.50. The van der Waals surface area contributed by atoms with Crippen molar-refractivity contribution in [3.63, 3.8) is 0 Å². The van der Waals surface area contributed by atoms with Gasteiger partial charge in [-0.05, 0) is 30.3 Å². The highest BCUT2D eigenvalue weighted by atomic mass is 19.4. The number of phenols is 1. The van der Waals surface area contributed by atoms with Crippen molar-refractivity contribution in [3.8, 4) is 5.75 Å². The third-order valence-electron chi connectivity index (χ3n) is 3.02. The zero-order valence-electron chi connectivity index (χ0n) is 9.86. The van der Waals surface area contributed by atoms with Gasteiger partial charge in [0.15, 0.2) is 0 Å². The number of aromatic hydroxyl groups is 1. The Morgan fingerprint density at radius 3 is 2.40 bits per heavy atom. The molecule has 0 saturated heterocycles. The standard InChI is InChI=1S/C14H7F3O3/c15-14(16,17)7-1-3-9-10-6-8(18)2-4-12(10)20-13(19)11(9)5-7/h1-6,18H. The Morgan fingerprint density at radius 2 is 1.70 bits per heavy atom. The van der Waals surface area contributed by atoms with E-state index >= 15 is 0 Å². The van der Waals surface area contributed by atoms with Gasteiger partial charge in [0.1, 0.15) is 11.3 Å². The van der Waals surface area contributed by atoms with Crippen molar-refractivity contribution in [2.75, 3.05) is 0 Å². The number of hydrogen-bond acceptors (Lipinski definition) is 3. The lowest BCUT2D eigenvalue weighted by Gasteiger charge is -2.08. The molecule has 20 heavy (non-hydrogen) atoms. The molecule has 102 valence electrons. The van der Waals surface area contributed by atoms with Gasteiger partial charge in [0.05, 0.1) is 10.9 Å². The maximum Gasteiger partial charge on any atom is 0.416 e. The van der Waals surface area contributed by atoms with Crippen molar-refractivity contribution in [1.82, 2.24) is 0 Å². The Labute approximate surface area is 109 Å². The lowest BCUT2D eigenvalue weighted by Crippen LogP contribution is -2.07. The number of halogens is 3. The van der Waals surface area contributed by atoms with E-state index in [1.807, 2.05) is 0 Å². The van der Waals surface area contributed by atoms with Gasteiger partial charge in [0.2, 0.25) is 0 Å². The molecule has 0 amide bonds. The fourth-order valence-corrected chi connectivity index (χ4v) is 2.10. The average molecular weight is 280 g/mol. The molecule has 0 spiro atoms. The summed E-state index contributed by atoms with van der Waals surface area (Å²) < 4.78 is 42.9. The fourth-order valence-electron chi connectivity index (χ4n) is 2.10. The average Bonchev–Trinajstić information content (AvgIpc) is 2.38. The minimum absolute atomic E-state index is 0.0625. The largest absolute Gasteiger partial charge is 0.508 e. The van der Waals surface area contributed by atoms with E-state index in [9.17, 15) is 23.1 Å². The Morgan fingerprint density at radius 1 is 0.950 bits per heavy atom. The Kier molecular flexibility index (Phi) is 2.50.